The molecule has 2 heterocycles. The van der Waals surface area contributed by atoms with E-state index in [0.717, 1.165) is 39.3 Å². The molecule has 1 aromatic carbocycles. The van der Waals surface area contributed by atoms with Gasteiger partial charge >= 0.3 is 6.09 Å². The monoisotopic (exact) mass is 439 g/mol. The van der Waals surface area contributed by atoms with E-state index in [1.165, 1.54) is 12.0 Å². The molecule has 6 heteroatoms. The van der Waals surface area contributed by atoms with Crippen LogP contribution in [0.15, 0.2) is 30.3 Å². The van der Waals surface area contributed by atoms with Gasteiger partial charge in [-0.2, -0.15) is 0 Å². The van der Waals surface area contributed by atoms with Gasteiger partial charge in [-0.25, -0.2) is 4.79 Å². The molecule has 2 saturated heterocycles. The summed E-state index contributed by atoms with van der Waals surface area (Å²) in [6.45, 7) is 21.8. The van der Waals surface area contributed by atoms with Gasteiger partial charge in [0, 0.05) is 51.4 Å². The van der Waals surface area contributed by atoms with Crippen molar-refractivity contribution in [2.24, 2.45) is 0 Å². The van der Waals surface area contributed by atoms with Gasteiger partial charge in [0.05, 0.1) is 0 Å². The van der Waals surface area contributed by atoms with E-state index in [1.807, 2.05) is 39.5 Å². The summed E-state index contributed by atoms with van der Waals surface area (Å²) >= 11 is 0. The number of carbonyl (C=O) groups excluding carboxylic acids is 1. The maximum absolute atomic E-state index is 12.4. The van der Waals surface area contributed by atoms with Crippen LogP contribution in [0.1, 0.15) is 67.4 Å². The van der Waals surface area contributed by atoms with Crippen LogP contribution in [0.3, 0.4) is 0 Å². The topological polar surface area (TPSA) is 36.0 Å². The van der Waals surface area contributed by atoms with E-state index in [1.54, 1.807) is 0 Å². The number of carbonyl (C=O) groups is 1. The Bertz CT molecular complexity index is 607. The number of hydrogen-bond donors (Lipinski definition) is 0. The van der Waals surface area contributed by atoms with Crippen LogP contribution in [-0.4, -0.2) is 71.2 Å². The molecule has 2 aliphatic rings. The molecule has 0 spiro atoms. The first-order valence-electron chi connectivity index (χ1n) is 11.7. The Balaban J connectivity index is 0.00000138. The molecule has 0 N–H and O–H groups in total. The summed E-state index contributed by atoms with van der Waals surface area (Å²) in [6.07, 6.45) is 1.07. The normalized spacial score (nSPS) is 21.4. The largest absolute Gasteiger partial charge is 0.444 e. The number of hydrogen-bond acceptors (Lipinski definition) is 4. The molecular weight excluding hydrogens is 393 g/mol. The van der Waals surface area contributed by atoms with Crippen molar-refractivity contribution in [2.45, 2.75) is 86.0 Å². The lowest BCUT2D eigenvalue weighted by Gasteiger charge is -2.50. The molecule has 0 bridgehead atoms. The first kappa shape index (κ1) is 29.3. The number of rotatable bonds is 2. The number of fused-ring (bicyclic) bond motifs is 1. The third-order valence-electron chi connectivity index (χ3n) is 4.99. The summed E-state index contributed by atoms with van der Waals surface area (Å²) in [7, 11) is 0. The quantitative estimate of drug-likeness (QED) is 0.618. The first-order chi connectivity index (χ1) is 14.2. The van der Waals surface area contributed by atoms with E-state index in [9.17, 15) is 4.79 Å². The molecule has 2 fully saturated rings. The smallest absolute Gasteiger partial charge is 0.410 e. The van der Waals surface area contributed by atoms with Gasteiger partial charge in [-0.05, 0) is 33.3 Å². The molecule has 180 valence electrons. The summed E-state index contributed by atoms with van der Waals surface area (Å²) in [5.74, 6) is 0. The minimum Gasteiger partial charge on any atom is -0.444 e. The van der Waals surface area contributed by atoms with Crippen molar-refractivity contribution < 1.29 is 14.2 Å². The highest BCUT2D eigenvalue weighted by atomic mass is 19.0. The predicted molar refractivity (Wildman–Crippen MR) is 129 cm³/mol. The minimum absolute atomic E-state index is 0. The summed E-state index contributed by atoms with van der Waals surface area (Å²) < 4.78 is 5.56. The average Bonchev–Trinajstić information content (AvgIpc) is 2.69. The van der Waals surface area contributed by atoms with Crippen LogP contribution in [0.4, 0.5) is 9.50 Å². The summed E-state index contributed by atoms with van der Waals surface area (Å²) in [5.41, 5.74) is 0.913. The van der Waals surface area contributed by atoms with Crippen molar-refractivity contribution in [3.05, 3.63) is 35.9 Å². The zero-order valence-electron chi connectivity index (χ0n) is 21.1. The van der Waals surface area contributed by atoms with Crippen molar-refractivity contribution in [3.8, 4) is 0 Å². The Kier molecular flexibility index (Phi) is 13.6. The van der Waals surface area contributed by atoms with Gasteiger partial charge in [-0.3, -0.25) is 14.5 Å². The Labute approximate surface area is 190 Å². The van der Waals surface area contributed by atoms with Crippen LogP contribution in [-0.2, 0) is 11.3 Å². The highest BCUT2D eigenvalue weighted by molar-refractivity contribution is 5.68. The number of nitrogens with zero attached hydrogens (tertiary/aromatic N) is 3. The highest BCUT2D eigenvalue weighted by Gasteiger charge is 2.38. The van der Waals surface area contributed by atoms with Crippen LogP contribution < -0.4 is 0 Å². The fourth-order valence-electron chi connectivity index (χ4n) is 3.93. The lowest BCUT2D eigenvalue weighted by Crippen LogP contribution is -2.65. The van der Waals surface area contributed by atoms with Crippen LogP contribution in [0.2, 0.25) is 0 Å². The number of halogens is 1. The van der Waals surface area contributed by atoms with Gasteiger partial charge < -0.3 is 9.64 Å². The van der Waals surface area contributed by atoms with Gasteiger partial charge in [0.1, 0.15) is 5.60 Å². The van der Waals surface area contributed by atoms with E-state index in [2.05, 4.69) is 60.9 Å². The van der Waals surface area contributed by atoms with Crippen molar-refractivity contribution in [3.63, 3.8) is 0 Å². The van der Waals surface area contributed by atoms with E-state index < -0.39 is 5.60 Å². The van der Waals surface area contributed by atoms with Crippen LogP contribution in [0, 0.1) is 0 Å². The number of amides is 1. The van der Waals surface area contributed by atoms with Crippen molar-refractivity contribution in [1.82, 2.24) is 14.7 Å². The van der Waals surface area contributed by atoms with Crippen molar-refractivity contribution in [1.29, 1.82) is 0 Å². The van der Waals surface area contributed by atoms with Gasteiger partial charge in [0.25, 0.3) is 0 Å². The van der Waals surface area contributed by atoms with E-state index in [0.29, 0.717) is 12.1 Å². The molecular formula is C25H46FN3O2. The standard InChI is InChI=1S/C20H31N3O2.C3H8.C2H6.FH/c1-16-12-21(13-17-8-6-5-7-9-17)14-18-15-22(10-11-23(16)18)19(24)25-20(2,3)4;1-3-2;1-2;/h5-9,16,18H,10-15H2,1-4H3;3H2,1-2H3;1-2H3;1H/t16-,18+;;;/m1.../s1. The molecule has 0 saturated carbocycles. The Morgan fingerprint density at radius 1 is 1.03 bits per heavy atom. The molecule has 1 aromatic rings. The third kappa shape index (κ3) is 10.0. The fourth-order valence-corrected chi connectivity index (χ4v) is 3.93. The SMILES string of the molecule is CC.CCC.C[C@@H]1CN(Cc2ccccc2)C[C@H]2CN(C(=O)OC(C)(C)C)CCN21.F. The zero-order valence-corrected chi connectivity index (χ0v) is 21.1. The Morgan fingerprint density at radius 2 is 1.61 bits per heavy atom. The van der Waals surface area contributed by atoms with Crippen LogP contribution in [0.25, 0.3) is 0 Å². The van der Waals surface area contributed by atoms with Crippen LogP contribution >= 0.6 is 0 Å². The summed E-state index contributed by atoms with van der Waals surface area (Å²) in [5, 5.41) is 0. The second kappa shape index (κ2) is 14.4. The maximum Gasteiger partial charge on any atom is 0.410 e. The van der Waals surface area contributed by atoms with Crippen LogP contribution in [0.5, 0.6) is 0 Å². The molecule has 0 aliphatic carbocycles. The summed E-state index contributed by atoms with van der Waals surface area (Å²) in [6, 6.07) is 11.5. The number of benzene rings is 1. The number of piperazine rings is 2. The van der Waals surface area contributed by atoms with Crippen molar-refractivity contribution in [2.75, 3.05) is 32.7 Å². The fraction of sp³-hybridized carbons (Fsp3) is 0.720. The average molecular weight is 440 g/mol. The Morgan fingerprint density at radius 3 is 2.16 bits per heavy atom. The molecule has 0 aromatic heterocycles. The molecule has 2 atom stereocenters. The second-order valence-corrected chi connectivity index (χ2v) is 9.05. The second-order valence-electron chi connectivity index (χ2n) is 9.05. The molecule has 31 heavy (non-hydrogen) atoms. The van der Waals surface area contributed by atoms with E-state index in [4.69, 9.17) is 4.74 Å². The van der Waals surface area contributed by atoms with E-state index >= 15 is 0 Å². The lowest BCUT2D eigenvalue weighted by molar-refractivity contribution is -0.0351. The van der Waals surface area contributed by atoms with Crippen molar-refractivity contribution >= 4 is 6.09 Å². The first-order valence-corrected chi connectivity index (χ1v) is 11.7. The molecule has 0 radical (unpaired) electrons. The molecule has 5 nitrogen and oxygen atoms in total. The highest BCUT2D eigenvalue weighted by Crippen LogP contribution is 2.23. The maximum atomic E-state index is 12.4. The molecule has 1 amide bonds. The summed E-state index contributed by atoms with van der Waals surface area (Å²) in [4.78, 5) is 19.4. The minimum atomic E-state index is -0.437. The zero-order chi connectivity index (χ0) is 22.7. The molecule has 0 unspecified atom stereocenters. The van der Waals surface area contributed by atoms with Gasteiger partial charge in [0.15, 0.2) is 0 Å². The number of ether oxygens (including phenoxy) is 1. The lowest BCUT2D eigenvalue weighted by atomic mass is 10.0. The van der Waals surface area contributed by atoms with Gasteiger partial charge in [0.2, 0.25) is 0 Å². The third-order valence-corrected chi connectivity index (χ3v) is 4.99. The predicted octanol–water partition coefficient (Wildman–Crippen LogP) is 5.41. The van der Waals surface area contributed by atoms with Gasteiger partial charge in [-0.1, -0.05) is 64.4 Å². The Hall–Kier alpha value is -1.66. The molecule has 2 aliphatic heterocycles. The molecule has 3 rings (SSSR count). The van der Waals surface area contributed by atoms with E-state index in [-0.39, 0.29) is 10.8 Å². The van der Waals surface area contributed by atoms with Gasteiger partial charge in [-0.15, -0.1) is 0 Å².